The van der Waals surface area contributed by atoms with E-state index in [1.165, 1.54) is 0 Å². The zero-order valence-corrected chi connectivity index (χ0v) is 17.7. The molecule has 4 rings (SSSR count). The molecule has 1 aliphatic rings. The number of nitrogens with one attached hydrogen (secondary N) is 2. The van der Waals surface area contributed by atoms with Crippen molar-refractivity contribution in [1.29, 1.82) is 0 Å². The van der Waals surface area contributed by atoms with Gasteiger partial charge in [-0.25, -0.2) is 4.68 Å². The van der Waals surface area contributed by atoms with Crippen molar-refractivity contribution in [2.75, 3.05) is 17.7 Å². The van der Waals surface area contributed by atoms with Crippen molar-refractivity contribution in [3.63, 3.8) is 0 Å². The van der Waals surface area contributed by atoms with Gasteiger partial charge >= 0.3 is 0 Å². The Kier molecular flexibility index (Phi) is 5.40. The summed E-state index contributed by atoms with van der Waals surface area (Å²) in [6, 6.07) is 11.5. The van der Waals surface area contributed by atoms with E-state index < -0.39 is 11.9 Å². The molecule has 0 bridgehead atoms. The Hall–Kier alpha value is -3.03. The summed E-state index contributed by atoms with van der Waals surface area (Å²) in [6.07, 6.45) is -0.0415. The Morgan fingerprint density at radius 2 is 1.97 bits per heavy atom. The molecular formula is C21H18Cl2N4O3. The van der Waals surface area contributed by atoms with E-state index in [0.717, 1.165) is 16.9 Å². The van der Waals surface area contributed by atoms with Crippen LogP contribution in [-0.2, 0) is 9.59 Å². The highest BCUT2D eigenvalue weighted by molar-refractivity contribution is 6.44. The maximum atomic E-state index is 13.0. The van der Waals surface area contributed by atoms with Crippen LogP contribution in [0.2, 0.25) is 10.0 Å². The molecule has 1 aromatic heterocycles. The van der Waals surface area contributed by atoms with Crippen molar-refractivity contribution < 1.29 is 14.3 Å². The van der Waals surface area contributed by atoms with Crippen LogP contribution in [0.1, 0.15) is 18.0 Å². The molecule has 2 heterocycles. The van der Waals surface area contributed by atoms with Gasteiger partial charge in [0.2, 0.25) is 11.8 Å². The van der Waals surface area contributed by atoms with Crippen LogP contribution in [0.3, 0.4) is 0 Å². The van der Waals surface area contributed by atoms with Crippen molar-refractivity contribution in [3.8, 4) is 17.0 Å². The maximum absolute atomic E-state index is 13.0. The predicted molar refractivity (Wildman–Crippen MR) is 116 cm³/mol. The zero-order chi connectivity index (χ0) is 21.4. The van der Waals surface area contributed by atoms with Gasteiger partial charge in [-0.05, 0) is 43.3 Å². The normalized spacial score (nSPS) is 15.3. The second-order valence-electron chi connectivity index (χ2n) is 6.85. The number of ether oxygens (including phenoxy) is 1. The zero-order valence-electron chi connectivity index (χ0n) is 16.2. The Balaban J connectivity index is 1.69. The fourth-order valence-corrected chi connectivity index (χ4v) is 3.73. The molecule has 0 saturated carbocycles. The standard InChI is InChI=1S/C21H18Cl2N4O3/c1-11-19(12-6-8-13(30-2)9-7-12)26-27-16(10-17(28)25-20(11)27)21(29)24-15-5-3-4-14(22)18(15)23/h3-9,16H,10H2,1-2H3,(H,24,29)(H,25,28)/t16-/m1/s1. The summed E-state index contributed by atoms with van der Waals surface area (Å²) in [5.74, 6) is 0.557. The third kappa shape index (κ3) is 3.62. The molecule has 7 nitrogen and oxygen atoms in total. The first kappa shape index (κ1) is 20.3. The number of methoxy groups -OCH3 is 1. The van der Waals surface area contributed by atoms with Crippen LogP contribution in [0.5, 0.6) is 5.75 Å². The number of rotatable bonds is 4. The Labute approximate surface area is 182 Å². The van der Waals surface area contributed by atoms with E-state index in [1.54, 1.807) is 30.0 Å². The SMILES string of the molecule is COc1ccc(-c2nn3c(c2C)NC(=O)C[C@@H]3C(=O)Nc2cccc(Cl)c2Cl)cc1. The van der Waals surface area contributed by atoms with Crippen molar-refractivity contribution >= 4 is 46.5 Å². The highest BCUT2D eigenvalue weighted by Crippen LogP contribution is 2.36. The second kappa shape index (κ2) is 8.01. The summed E-state index contributed by atoms with van der Waals surface area (Å²) in [5, 5.41) is 10.8. The first-order chi connectivity index (χ1) is 14.4. The number of amides is 2. The molecule has 1 aliphatic heterocycles. The number of nitrogens with zero attached hydrogens (tertiary/aromatic N) is 2. The summed E-state index contributed by atoms with van der Waals surface area (Å²) >= 11 is 12.2. The van der Waals surface area contributed by atoms with E-state index in [2.05, 4.69) is 15.7 Å². The number of hydrogen-bond acceptors (Lipinski definition) is 4. The highest BCUT2D eigenvalue weighted by atomic mass is 35.5. The van der Waals surface area contributed by atoms with E-state index in [1.807, 2.05) is 31.2 Å². The number of carbonyl (C=O) groups excluding carboxylic acids is 2. The molecule has 2 amide bonds. The van der Waals surface area contributed by atoms with Gasteiger partial charge in [-0.1, -0.05) is 29.3 Å². The second-order valence-corrected chi connectivity index (χ2v) is 7.64. The summed E-state index contributed by atoms with van der Waals surface area (Å²) in [6.45, 7) is 1.85. The molecule has 0 saturated heterocycles. The van der Waals surface area contributed by atoms with Crippen molar-refractivity contribution in [2.24, 2.45) is 0 Å². The fourth-order valence-electron chi connectivity index (χ4n) is 3.38. The van der Waals surface area contributed by atoms with Gasteiger partial charge in [0.1, 0.15) is 17.6 Å². The Bertz CT molecular complexity index is 1140. The minimum atomic E-state index is -0.825. The largest absolute Gasteiger partial charge is 0.497 e. The molecule has 30 heavy (non-hydrogen) atoms. The monoisotopic (exact) mass is 444 g/mol. The molecular weight excluding hydrogens is 427 g/mol. The van der Waals surface area contributed by atoms with E-state index in [4.69, 9.17) is 27.9 Å². The van der Waals surface area contributed by atoms with Crippen LogP contribution in [0.4, 0.5) is 11.5 Å². The minimum absolute atomic E-state index is 0.0415. The first-order valence-corrected chi connectivity index (χ1v) is 9.93. The lowest BCUT2D eigenvalue weighted by atomic mass is 10.1. The number of halogens is 2. The summed E-state index contributed by atoms with van der Waals surface area (Å²) < 4.78 is 6.74. The third-order valence-corrected chi connectivity index (χ3v) is 5.77. The molecule has 3 aromatic rings. The van der Waals surface area contributed by atoms with Gasteiger partial charge in [0.15, 0.2) is 0 Å². The molecule has 0 spiro atoms. The van der Waals surface area contributed by atoms with Gasteiger partial charge in [0.25, 0.3) is 0 Å². The van der Waals surface area contributed by atoms with Gasteiger partial charge in [0, 0.05) is 11.1 Å². The third-order valence-electron chi connectivity index (χ3n) is 4.95. The van der Waals surface area contributed by atoms with Crippen molar-refractivity contribution in [2.45, 2.75) is 19.4 Å². The number of hydrogen-bond donors (Lipinski definition) is 2. The Morgan fingerprint density at radius 3 is 2.67 bits per heavy atom. The van der Waals surface area contributed by atoms with Crippen LogP contribution in [0.25, 0.3) is 11.3 Å². The predicted octanol–water partition coefficient (Wildman–Crippen LogP) is 4.70. The lowest BCUT2D eigenvalue weighted by Crippen LogP contribution is -2.36. The van der Waals surface area contributed by atoms with Crippen LogP contribution >= 0.6 is 23.2 Å². The minimum Gasteiger partial charge on any atom is -0.497 e. The highest BCUT2D eigenvalue weighted by Gasteiger charge is 2.34. The lowest BCUT2D eigenvalue weighted by molar-refractivity contribution is -0.125. The van der Waals surface area contributed by atoms with Gasteiger partial charge in [-0.2, -0.15) is 5.10 Å². The molecule has 154 valence electrons. The maximum Gasteiger partial charge on any atom is 0.249 e. The lowest BCUT2D eigenvalue weighted by Gasteiger charge is -2.24. The number of anilines is 2. The van der Waals surface area contributed by atoms with Gasteiger partial charge in [0.05, 0.1) is 35.0 Å². The van der Waals surface area contributed by atoms with Crippen LogP contribution in [0, 0.1) is 6.92 Å². The number of aromatic nitrogens is 2. The molecule has 0 unspecified atom stereocenters. The fraction of sp³-hybridized carbons (Fsp3) is 0.190. The van der Waals surface area contributed by atoms with Crippen molar-refractivity contribution in [3.05, 3.63) is 58.1 Å². The number of benzene rings is 2. The van der Waals surface area contributed by atoms with Crippen LogP contribution in [-0.4, -0.2) is 28.7 Å². The smallest absolute Gasteiger partial charge is 0.249 e. The van der Waals surface area contributed by atoms with Gasteiger partial charge in [-0.15, -0.1) is 0 Å². The molecule has 0 radical (unpaired) electrons. The molecule has 9 heteroatoms. The number of fused-ring (bicyclic) bond motifs is 1. The topological polar surface area (TPSA) is 85.2 Å². The summed E-state index contributed by atoms with van der Waals surface area (Å²) in [5.41, 5.74) is 2.67. The first-order valence-electron chi connectivity index (χ1n) is 9.17. The van der Waals surface area contributed by atoms with Crippen LogP contribution in [0.15, 0.2) is 42.5 Å². The quantitative estimate of drug-likeness (QED) is 0.610. The summed E-state index contributed by atoms with van der Waals surface area (Å²) in [7, 11) is 1.60. The molecule has 1 atom stereocenters. The molecule has 2 N–H and O–H groups in total. The van der Waals surface area contributed by atoms with E-state index >= 15 is 0 Å². The molecule has 0 aliphatic carbocycles. The number of carbonyl (C=O) groups is 2. The summed E-state index contributed by atoms with van der Waals surface area (Å²) in [4.78, 5) is 25.3. The molecule has 2 aromatic carbocycles. The van der Waals surface area contributed by atoms with Crippen molar-refractivity contribution in [1.82, 2.24) is 9.78 Å². The van der Waals surface area contributed by atoms with Gasteiger partial charge in [-0.3, -0.25) is 9.59 Å². The van der Waals surface area contributed by atoms with Crippen LogP contribution < -0.4 is 15.4 Å². The molecule has 0 fully saturated rings. The van der Waals surface area contributed by atoms with E-state index in [9.17, 15) is 9.59 Å². The van der Waals surface area contributed by atoms with E-state index in [-0.39, 0.29) is 17.4 Å². The van der Waals surface area contributed by atoms with Gasteiger partial charge < -0.3 is 15.4 Å². The van der Waals surface area contributed by atoms with E-state index in [0.29, 0.717) is 22.2 Å². The Morgan fingerprint density at radius 1 is 1.23 bits per heavy atom. The average molecular weight is 445 g/mol. The average Bonchev–Trinajstić information content (AvgIpc) is 3.07.